The van der Waals surface area contributed by atoms with Crippen LogP contribution in [0.5, 0.6) is 0 Å². The van der Waals surface area contributed by atoms with E-state index >= 15 is 0 Å². The van der Waals surface area contributed by atoms with Crippen molar-refractivity contribution in [1.82, 2.24) is 0 Å². The van der Waals surface area contributed by atoms with Gasteiger partial charge in [-0.05, 0) is 11.1 Å². The lowest BCUT2D eigenvalue weighted by Gasteiger charge is -2.61. The summed E-state index contributed by atoms with van der Waals surface area (Å²) in [5.74, 6) is -0.0261. The van der Waals surface area contributed by atoms with Crippen LogP contribution in [0.3, 0.4) is 0 Å². The van der Waals surface area contributed by atoms with E-state index in [0.717, 1.165) is 11.1 Å². The minimum Gasteiger partial charge on any atom is -0.411 e. The Morgan fingerprint density at radius 2 is 1.64 bits per heavy atom. The Balaban J connectivity index is 1.55. The fourth-order valence-corrected chi connectivity index (χ4v) is 4.70. The van der Waals surface area contributed by atoms with Crippen molar-refractivity contribution in [2.45, 2.75) is 50.3 Å². The van der Waals surface area contributed by atoms with Crippen molar-refractivity contribution in [3.8, 4) is 0 Å². The summed E-state index contributed by atoms with van der Waals surface area (Å²) in [5, 5.41) is 13.3. The van der Waals surface area contributed by atoms with Gasteiger partial charge in [-0.3, -0.25) is 0 Å². The van der Waals surface area contributed by atoms with Crippen LogP contribution in [0.15, 0.2) is 65.8 Å². The number of oxime groups is 1. The highest BCUT2D eigenvalue weighted by molar-refractivity contribution is 5.95. The zero-order valence-corrected chi connectivity index (χ0v) is 15.6. The van der Waals surface area contributed by atoms with Gasteiger partial charge in [-0.15, -0.1) is 0 Å². The Hall–Kier alpha value is -2.25. The van der Waals surface area contributed by atoms with Gasteiger partial charge in [0.25, 0.3) is 6.48 Å². The second-order valence-corrected chi connectivity index (χ2v) is 7.69. The third-order valence-corrected chi connectivity index (χ3v) is 5.99. The van der Waals surface area contributed by atoms with Crippen LogP contribution in [-0.2, 0) is 32.0 Å². The first-order chi connectivity index (χ1) is 13.7. The van der Waals surface area contributed by atoms with E-state index in [0.29, 0.717) is 18.7 Å². The van der Waals surface area contributed by atoms with Crippen LogP contribution in [0, 0.1) is 5.92 Å². The summed E-state index contributed by atoms with van der Waals surface area (Å²) in [5.41, 5.74) is 1.85. The highest BCUT2D eigenvalue weighted by Crippen LogP contribution is 2.50. The Labute approximate surface area is 163 Å². The normalized spacial score (nSPS) is 37.5. The van der Waals surface area contributed by atoms with Crippen molar-refractivity contribution in [3.05, 3.63) is 71.8 Å². The maximum Gasteiger partial charge on any atom is 0.273 e. The SMILES string of the molecule is CC1C2OC3OC(/C2=N/O)C(Cc2ccccc2)(OCc2ccccc2)C1O3. The maximum atomic E-state index is 9.73. The molecule has 1 aliphatic carbocycles. The molecule has 0 aromatic heterocycles. The molecule has 4 fully saturated rings. The minimum atomic E-state index is -0.811. The average Bonchev–Trinajstić information content (AvgIpc) is 2.74. The van der Waals surface area contributed by atoms with E-state index < -0.39 is 18.2 Å². The third kappa shape index (κ3) is 2.76. The second-order valence-electron chi connectivity index (χ2n) is 7.69. The second kappa shape index (κ2) is 6.97. The standard InChI is InChI=1S/C22H23NO5/c1-14-18-17(23-24)20-22(12-15-8-4-2-5-9-15,19(14)27-21(26-18)28-20)25-13-16-10-6-3-7-11-16/h2-11,14,18-21,24H,12-13H2,1H3/b23-17+. The van der Waals surface area contributed by atoms with Crippen molar-refractivity contribution in [2.75, 3.05) is 0 Å². The van der Waals surface area contributed by atoms with Crippen LogP contribution in [0.1, 0.15) is 18.1 Å². The van der Waals surface area contributed by atoms with Gasteiger partial charge in [0.15, 0.2) is 0 Å². The Morgan fingerprint density at radius 1 is 0.964 bits per heavy atom. The van der Waals surface area contributed by atoms with Gasteiger partial charge in [0.05, 0.1) is 6.61 Å². The molecule has 6 atom stereocenters. The van der Waals surface area contributed by atoms with Crippen LogP contribution in [0.2, 0.25) is 0 Å². The van der Waals surface area contributed by atoms with Gasteiger partial charge in [0.1, 0.15) is 29.6 Å². The van der Waals surface area contributed by atoms with Crippen molar-refractivity contribution in [2.24, 2.45) is 11.1 Å². The lowest BCUT2D eigenvalue weighted by molar-refractivity contribution is -0.450. The van der Waals surface area contributed by atoms with Crippen LogP contribution in [-0.4, -0.2) is 41.3 Å². The third-order valence-electron chi connectivity index (χ3n) is 5.99. The number of hydrogen-bond donors (Lipinski definition) is 1. The molecular weight excluding hydrogens is 358 g/mol. The monoisotopic (exact) mass is 381 g/mol. The van der Waals surface area contributed by atoms with E-state index in [2.05, 4.69) is 17.3 Å². The van der Waals surface area contributed by atoms with E-state index in [1.54, 1.807) is 0 Å². The predicted molar refractivity (Wildman–Crippen MR) is 101 cm³/mol. The first kappa shape index (κ1) is 17.8. The number of rotatable bonds is 5. The van der Waals surface area contributed by atoms with Gasteiger partial charge in [-0.1, -0.05) is 72.7 Å². The van der Waals surface area contributed by atoms with Gasteiger partial charge in [0.2, 0.25) is 0 Å². The van der Waals surface area contributed by atoms with Crippen molar-refractivity contribution < 1.29 is 24.2 Å². The van der Waals surface area contributed by atoms with Crippen molar-refractivity contribution >= 4 is 5.71 Å². The molecule has 146 valence electrons. The molecule has 0 amide bonds. The number of hydrogen-bond acceptors (Lipinski definition) is 6. The largest absolute Gasteiger partial charge is 0.411 e. The zero-order valence-electron chi connectivity index (χ0n) is 15.6. The summed E-state index contributed by atoms with van der Waals surface area (Å²) in [6, 6.07) is 20.1. The molecule has 3 heterocycles. The molecule has 3 aliphatic heterocycles. The lowest BCUT2D eigenvalue weighted by atomic mass is 9.67. The van der Waals surface area contributed by atoms with Crippen molar-refractivity contribution in [1.29, 1.82) is 0 Å². The fourth-order valence-electron chi connectivity index (χ4n) is 4.70. The summed E-state index contributed by atoms with van der Waals surface area (Å²) in [6.07, 6.45) is -0.500. The molecule has 6 rings (SSSR count). The van der Waals surface area contributed by atoms with E-state index in [1.807, 2.05) is 55.5 Å². The molecule has 1 saturated carbocycles. The summed E-state index contributed by atoms with van der Waals surface area (Å²) in [4.78, 5) is 0. The predicted octanol–water partition coefficient (Wildman–Crippen LogP) is 3.13. The zero-order chi connectivity index (χ0) is 19.1. The molecular formula is C22H23NO5. The summed E-state index contributed by atoms with van der Waals surface area (Å²) in [6.45, 7) is 1.71. The maximum absolute atomic E-state index is 9.73. The van der Waals surface area contributed by atoms with Gasteiger partial charge in [-0.2, -0.15) is 0 Å². The molecule has 1 N–H and O–H groups in total. The summed E-state index contributed by atoms with van der Waals surface area (Å²) in [7, 11) is 0. The van der Waals surface area contributed by atoms with Gasteiger partial charge in [0, 0.05) is 12.3 Å². The van der Waals surface area contributed by atoms with Gasteiger partial charge in [-0.25, -0.2) is 0 Å². The van der Waals surface area contributed by atoms with E-state index in [9.17, 15) is 5.21 Å². The number of ether oxygens (including phenoxy) is 4. The molecule has 2 aromatic rings. The highest BCUT2D eigenvalue weighted by Gasteiger charge is 2.67. The number of nitrogens with zero attached hydrogens (tertiary/aromatic N) is 1. The molecule has 6 unspecified atom stereocenters. The molecule has 0 spiro atoms. The first-order valence-corrected chi connectivity index (χ1v) is 9.61. The number of benzene rings is 2. The quantitative estimate of drug-likeness (QED) is 0.637. The molecule has 28 heavy (non-hydrogen) atoms. The van der Waals surface area contributed by atoms with E-state index in [1.165, 1.54) is 0 Å². The molecule has 4 bridgehead atoms. The fraction of sp³-hybridized carbons (Fsp3) is 0.409. The van der Waals surface area contributed by atoms with E-state index in [-0.39, 0.29) is 18.1 Å². The Morgan fingerprint density at radius 3 is 2.32 bits per heavy atom. The van der Waals surface area contributed by atoms with Crippen LogP contribution >= 0.6 is 0 Å². The van der Waals surface area contributed by atoms with E-state index in [4.69, 9.17) is 18.9 Å². The molecule has 6 nitrogen and oxygen atoms in total. The molecule has 2 aromatic carbocycles. The Kier molecular flexibility index (Phi) is 4.44. The highest BCUT2D eigenvalue weighted by atomic mass is 16.9. The molecule has 0 radical (unpaired) electrons. The van der Waals surface area contributed by atoms with Crippen LogP contribution < -0.4 is 0 Å². The topological polar surface area (TPSA) is 69.5 Å². The van der Waals surface area contributed by atoms with Crippen molar-refractivity contribution in [3.63, 3.8) is 0 Å². The molecule has 3 saturated heterocycles. The van der Waals surface area contributed by atoms with Crippen LogP contribution in [0.25, 0.3) is 0 Å². The van der Waals surface area contributed by atoms with Gasteiger partial charge >= 0.3 is 0 Å². The minimum absolute atomic E-state index is 0.0261. The van der Waals surface area contributed by atoms with Gasteiger partial charge < -0.3 is 24.2 Å². The summed E-state index contributed by atoms with van der Waals surface area (Å²) < 4.78 is 24.4. The molecule has 4 aliphatic rings. The first-order valence-electron chi connectivity index (χ1n) is 9.61. The average molecular weight is 381 g/mol. The Bertz CT molecular complexity index is 858. The summed E-state index contributed by atoms with van der Waals surface area (Å²) >= 11 is 0. The smallest absolute Gasteiger partial charge is 0.273 e. The molecule has 6 heteroatoms. The lowest BCUT2D eigenvalue weighted by Crippen LogP contribution is -2.78. The van der Waals surface area contributed by atoms with Crippen LogP contribution in [0.4, 0.5) is 0 Å².